The molecular formula is C21H18FN3O4S. The molecule has 0 bridgehead atoms. The zero-order chi connectivity index (χ0) is 21.1. The molecule has 0 radical (unpaired) electrons. The standard InChI is InChI=1S/C21H18FN3O4S/c22-17-7-2-8-18-20(17)23-21(30-18)24(13-16-6-3-11-29-16)19(26)10-9-14-4-1-5-15(12-14)25(27)28/h1-2,4-5,7-10,12,16H,3,6,11,13H2/b10-9+. The van der Waals surface area contributed by atoms with Gasteiger partial charge in [0.15, 0.2) is 5.13 Å². The van der Waals surface area contributed by atoms with Crippen molar-refractivity contribution in [2.24, 2.45) is 0 Å². The number of rotatable bonds is 6. The number of carbonyl (C=O) groups excluding carboxylic acids is 1. The third-order valence-electron chi connectivity index (χ3n) is 4.76. The first kappa shape index (κ1) is 20.1. The molecule has 1 saturated heterocycles. The second-order valence-corrected chi connectivity index (χ2v) is 7.86. The van der Waals surface area contributed by atoms with Crippen molar-refractivity contribution >= 4 is 44.4 Å². The predicted octanol–water partition coefficient (Wildman–Crippen LogP) is 4.57. The van der Waals surface area contributed by atoms with E-state index in [-0.39, 0.29) is 23.2 Å². The summed E-state index contributed by atoms with van der Waals surface area (Å²) in [6, 6.07) is 10.7. The van der Waals surface area contributed by atoms with Crippen LogP contribution in [-0.4, -0.2) is 35.1 Å². The van der Waals surface area contributed by atoms with E-state index >= 15 is 0 Å². The molecule has 2 heterocycles. The van der Waals surface area contributed by atoms with Crippen LogP contribution in [0.25, 0.3) is 16.3 Å². The average Bonchev–Trinajstić information content (AvgIpc) is 3.40. The van der Waals surface area contributed by atoms with E-state index < -0.39 is 10.7 Å². The molecule has 4 rings (SSSR count). The number of nitro benzene ring substituents is 1. The van der Waals surface area contributed by atoms with Gasteiger partial charge in [-0.15, -0.1) is 0 Å². The number of thiazole rings is 1. The minimum absolute atomic E-state index is 0.0533. The predicted molar refractivity (Wildman–Crippen MR) is 113 cm³/mol. The molecule has 0 aliphatic carbocycles. The first-order valence-electron chi connectivity index (χ1n) is 9.42. The molecule has 0 N–H and O–H groups in total. The Labute approximate surface area is 175 Å². The zero-order valence-electron chi connectivity index (χ0n) is 15.9. The van der Waals surface area contributed by atoms with E-state index in [2.05, 4.69) is 4.98 Å². The maximum atomic E-state index is 14.1. The Morgan fingerprint density at radius 2 is 2.20 bits per heavy atom. The number of anilines is 1. The summed E-state index contributed by atoms with van der Waals surface area (Å²) < 4.78 is 20.4. The highest BCUT2D eigenvalue weighted by molar-refractivity contribution is 7.22. The van der Waals surface area contributed by atoms with Crippen LogP contribution in [0.4, 0.5) is 15.2 Å². The van der Waals surface area contributed by atoms with Gasteiger partial charge in [0.05, 0.1) is 22.3 Å². The molecular weight excluding hydrogens is 409 g/mol. The van der Waals surface area contributed by atoms with Crippen molar-refractivity contribution in [1.82, 2.24) is 4.98 Å². The van der Waals surface area contributed by atoms with E-state index in [0.29, 0.717) is 28.5 Å². The van der Waals surface area contributed by atoms with E-state index in [4.69, 9.17) is 4.74 Å². The van der Waals surface area contributed by atoms with Gasteiger partial charge in [0.2, 0.25) is 0 Å². The Morgan fingerprint density at radius 3 is 2.93 bits per heavy atom. The highest BCUT2D eigenvalue weighted by Crippen LogP contribution is 2.31. The van der Waals surface area contributed by atoms with E-state index in [1.54, 1.807) is 24.3 Å². The van der Waals surface area contributed by atoms with Crippen LogP contribution in [0.5, 0.6) is 0 Å². The minimum Gasteiger partial charge on any atom is -0.376 e. The molecule has 1 aromatic heterocycles. The molecule has 2 aromatic carbocycles. The average molecular weight is 427 g/mol. The summed E-state index contributed by atoms with van der Waals surface area (Å²) in [6.07, 6.45) is 4.50. The zero-order valence-corrected chi connectivity index (χ0v) is 16.7. The van der Waals surface area contributed by atoms with Gasteiger partial charge < -0.3 is 4.74 Å². The lowest BCUT2D eigenvalue weighted by molar-refractivity contribution is -0.384. The number of aromatic nitrogens is 1. The number of halogens is 1. The number of nitro groups is 1. The number of benzene rings is 2. The summed E-state index contributed by atoms with van der Waals surface area (Å²) in [7, 11) is 0. The third kappa shape index (κ3) is 4.37. The van der Waals surface area contributed by atoms with Crippen LogP contribution in [0.2, 0.25) is 0 Å². The first-order chi connectivity index (χ1) is 14.5. The van der Waals surface area contributed by atoms with Crippen molar-refractivity contribution in [3.8, 4) is 0 Å². The molecule has 9 heteroatoms. The van der Waals surface area contributed by atoms with E-state index in [1.807, 2.05) is 0 Å². The molecule has 1 atom stereocenters. The summed E-state index contributed by atoms with van der Waals surface area (Å²) in [5, 5.41) is 11.3. The van der Waals surface area contributed by atoms with E-state index in [1.165, 1.54) is 46.6 Å². The van der Waals surface area contributed by atoms with Gasteiger partial charge in [-0.3, -0.25) is 19.8 Å². The van der Waals surface area contributed by atoms with Crippen molar-refractivity contribution in [3.05, 3.63) is 70.0 Å². The van der Waals surface area contributed by atoms with Crippen molar-refractivity contribution in [2.45, 2.75) is 18.9 Å². The first-order valence-corrected chi connectivity index (χ1v) is 10.2. The smallest absolute Gasteiger partial charge is 0.270 e. The molecule has 1 unspecified atom stereocenters. The third-order valence-corrected chi connectivity index (χ3v) is 5.81. The fraction of sp³-hybridized carbons (Fsp3) is 0.238. The van der Waals surface area contributed by atoms with Crippen molar-refractivity contribution in [2.75, 3.05) is 18.1 Å². The Morgan fingerprint density at radius 1 is 1.37 bits per heavy atom. The van der Waals surface area contributed by atoms with Gasteiger partial charge in [-0.25, -0.2) is 9.37 Å². The topological polar surface area (TPSA) is 85.6 Å². The van der Waals surface area contributed by atoms with Crippen LogP contribution in [0.1, 0.15) is 18.4 Å². The van der Waals surface area contributed by atoms with Crippen LogP contribution in [-0.2, 0) is 9.53 Å². The van der Waals surface area contributed by atoms with Crippen LogP contribution in [0.3, 0.4) is 0 Å². The molecule has 1 aliphatic heterocycles. The van der Waals surface area contributed by atoms with Crippen LogP contribution in [0.15, 0.2) is 48.5 Å². The molecule has 1 amide bonds. The summed E-state index contributed by atoms with van der Waals surface area (Å²) in [4.78, 5) is 29.3. The van der Waals surface area contributed by atoms with E-state index in [0.717, 1.165) is 12.8 Å². The van der Waals surface area contributed by atoms with Gasteiger partial charge in [0.1, 0.15) is 11.3 Å². The molecule has 1 fully saturated rings. The number of hydrogen-bond donors (Lipinski definition) is 0. The van der Waals surface area contributed by atoms with Gasteiger partial charge in [-0.05, 0) is 36.6 Å². The Balaban J connectivity index is 1.62. The second-order valence-electron chi connectivity index (χ2n) is 6.85. The summed E-state index contributed by atoms with van der Waals surface area (Å²) in [6.45, 7) is 0.949. The SMILES string of the molecule is O=C(/C=C/c1cccc([N+](=O)[O-])c1)N(CC1CCCO1)c1nc2c(F)cccc2s1. The molecule has 154 valence electrons. The van der Waals surface area contributed by atoms with Gasteiger partial charge >= 0.3 is 0 Å². The number of hydrogen-bond acceptors (Lipinski definition) is 6. The minimum atomic E-state index is -0.488. The van der Waals surface area contributed by atoms with E-state index in [9.17, 15) is 19.3 Å². The number of nitrogens with zero attached hydrogens (tertiary/aromatic N) is 3. The van der Waals surface area contributed by atoms with Crippen molar-refractivity contribution in [1.29, 1.82) is 0 Å². The van der Waals surface area contributed by atoms with Crippen molar-refractivity contribution in [3.63, 3.8) is 0 Å². The number of amides is 1. The normalized spacial score (nSPS) is 16.4. The quantitative estimate of drug-likeness (QED) is 0.327. The molecule has 1 aliphatic rings. The summed E-state index contributed by atoms with van der Waals surface area (Å²) >= 11 is 1.23. The lowest BCUT2D eigenvalue weighted by Gasteiger charge is -2.21. The van der Waals surface area contributed by atoms with Crippen LogP contribution < -0.4 is 4.90 Å². The summed E-state index contributed by atoms with van der Waals surface area (Å²) in [5.41, 5.74) is 0.706. The van der Waals surface area contributed by atoms with Gasteiger partial charge in [-0.1, -0.05) is 29.5 Å². The van der Waals surface area contributed by atoms with Crippen LogP contribution in [0, 0.1) is 15.9 Å². The van der Waals surface area contributed by atoms with Gasteiger partial charge in [-0.2, -0.15) is 0 Å². The monoisotopic (exact) mass is 427 g/mol. The highest BCUT2D eigenvalue weighted by Gasteiger charge is 2.25. The Bertz CT molecular complexity index is 1120. The lowest BCUT2D eigenvalue weighted by atomic mass is 10.2. The molecule has 7 nitrogen and oxygen atoms in total. The number of fused-ring (bicyclic) bond motifs is 1. The van der Waals surface area contributed by atoms with Gasteiger partial charge in [0.25, 0.3) is 11.6 Å². The van der Waals surface area contributed by atoms with Crippen molar-refractivity contribution < 1.29 is 18.8 Å². The summed E-state index contributed by atoms with van der Waals surface area (Å²) in [5.74, 6) is -0.789. The fourth-order valence-corrected chi connectivity index (χ4v) is 4.27. The number of carbonyl (C=O) groups is 1. The lowest BCUT2D eigenvalue weighted by Crippen LogP contribution is -2.36. The maximum absolute atomic E-state index is 14.1. The molecule has 3 aromatic rings. The number of para-hydroxylation sites is 1. The Hall–Kier alpha value is -3.17. The highest BCUT2D eigenvalue weighted by atomic mass is 32.1. The maximum Gasteiger partial charge on any atom is 0.270 e. The number of ether oxygens (including phenoxy) is 1. The molecule has 30 heavy (non-hydrogen) atoms. The van der Waals surface area contributed by atoms with Crippen LogP contribution >= 0.6 is 11.3 Å². The number of non-ortho nitro benzene ring substituents is 1. The second kappa shape index (κ2) is 8.68. The Kier molecular flexibility index (Phi) is 5.82. The largest absolute Gasteiger partial charge is 0.376 e. The fourth-order valence-electron chi connectivity index (χ4n) is 3.27. The molecule has 0 saturated carbocycles. The van der Waals surface area contributed by atoms with Gasteiger partial charge in [0, 0.05) is 24.8 Å². The molecule has 0 spiro atoms.